The Balaban J connectivity index is 2.47. The predicted octanol–water partition coefficient (Wildman–Crippen LogP) is 4.09. The molecule has 1 rings (SSSR count). The van der Waals surface area contributed by atoms with Crippen LogP contribution in [0.1, 0.15) is 59.3 Å². The van der Waals surface area contributed by atoms with Crippen LogP contribution in [0, 0.1) is 12.3 Å². The predicted molar refractivity (Wildman–Crippen MR) is 77.6 cm³/mol. The lowest BCUT2D eigenvalue weighted by atomic mass is 10.0. The van der Waals surface area contributed by atoms with E-state index in [0.717, 1.165) is 45.1 Å². The van der Waals surface area contributed by atoms with Crippen LogP contribution in [-0.4, -0.2) is 23.1 Å². The number of hydrogen-bond acceptors (Lipinski definition) is 2. The number of carbonyl (C=O) groups excluding carboxylic acids is 1. The molecule has 0 atom stereocenters. The summed E-state index contributed by atoms with van der Waals surface area (Å²) in [6.07, 6.45) is 13.1. The maximum atomic E-state index is 12.0. The lowest BCUT2D eigenvalue weighted by Gasteiger charge is -2.28. The first-order valence-corrected chi connectivity index (χ1v) is 7.05. The second-order valence-electron chi connectivity index (χ2n) is 5.98. The van der Waals surface area contributed by atoms with E-state index in [-0.39, 0.29) is 6.09 Å². The van der Waals surface area contributed by atoms with E-state index < -0.39 is 5.60 Å². The van der Waals surface area contributed by atoms with Crippen molar-refractivity contribution in [2.45, 2.75) is 64.9 Å². The third-order valence-electron chi connectivity index (χ3n) is 2.93. The van der Waals surface area contributed by atoms with Gasteiger partial charge in [-0.3, -0.25) is 4.90 Å². The van der Waals surface area contributed by atoms with Gasteiger partial charge in [0.15, 0.2) is 0 Å². The molecule has 0 bridgehead atoms. The molecule has 0 aromatic rings. The Labute approximate surface area is 117 Å². The maximum absolute atomic E-state index is 12.0. The van der Waals surface area contributed by atoms with Crippen molar-refractivity contribution < 1.29 is 9.53 Å². The van der Waals surface area contributed by atoms with Gasteiger partial charge in [-0.2, -0.15) is 0 Å². The molecule has 0 N–H and O–H groups in total. The Morgan fingerprint density at radius 3 is 2.84 bits per heavy atom. The van der Waals surface area contributed by atoms with Crippen LogP contribution >= 0.6 is 0 Å². The molecule has 0 unspecified atom stereocenters. The number of amides is 1. The standard InChI is InChI=1S/C16H25NO2/c1-5-6-7-8-10-14-11-9-12-17(13-14)15(18)19-16(2,3)4/h1,13H,6-12H2,2-4H3. The minimum absolute atomic E-state index is 0.242. The molecule has 0 fully saturated rings. The van der Waals surface area contributed by atoms with Gasteiger partial charge in [0.1, 0.15) is 5.60 Å². The highest BCUT2D eigenvalue weighted by Gasteiger charge is 2.22. The highest BCUT2D eigenvalue weighted by atomic mass is 16.6. The van der Waals surface area contributed by atoms with Gasteiger partial charge in [0.2, 0.25) is 0 Å². The second-order valence-corrected chi connectivity index (χ2v) is 5.98. The molecule has 1 aliphatic heterocycles. The third-order valence-corrected chi connectivity index (χ3v) is 2.93. The fraction of sp³-hybridized carbons (Fsp3) is 0.688. The van der Waals surface area contributed by atoms with Crippen LogP contribution in [0.15, 0.2) is 11.8 Å². The van der Waals surface area contributed by atoms with E-state index in [2.05, 4.69) is 5.92 Å². The summed E-state index contributed by atoms with van der Waals surface area (Å²) in [5.74, 6) is 2.65. The average molecular weight is 263 g/mol. The molecule has 3 nitrogen and oxygen atoms in total. The smallest absolute Gasteiger partial charge is 0.414 e. The van der Waals surface area contributed by atoms with Crippen LogP contribution in [-0.2, 0) is 4.74 Å². The first-order valence-electron chi connectivity index (χ1n) is 7.05. The quantitative estimate of drug-likeness (QED) is 0.564. The number of unbranched alkanes of at least 4 members (excludes halogenated alkanes) is 2. The largest absolute Gasteiger partial charge is 0.443 e. The summed E-state index contributed by atoms with van der Waals surface area (Å²) in [4.78, 5) is 13.7. The Kier molecular flexibility index (Phi) is 5.95. The number of rotatable bonds is 4. The lowest BCUT2D eigenvalue weighted by molar-refractivity contribution is 0.0323. The number of nitrogens with zero attached hydrogens (tertiary/aromatic N) is 1. The van der Waals surface area contributed by atoms with E-state index in [0.29, 0.717) is 0 Å². The molecule has 19 heavy (non-hydrogen) atoms. The topological polar surface area (TPSA) is 29.5 Å². The average Bonchev–Trinajstić information content (AvgIpc) is 2.33. The molecule has 0 radical (unpaired) electrons. The van der Waals surface area contributed by atoms with Crippen LogP contribution in [0.3, 0.4) is 0 Å². The molecule has 1 aliphatic rings. The van der Waals surface area contributed by atoms with Crippen LogP contribution in [0.25, 0.3) is 0 Å². The Morgan fingerprint density at radius 2 is 2.21 bits per heavy atom. The van der Waals surface area contributed by atoms with Crippen molar-refractivity contribution >= 4 is 6.09 Å². The number of hydrogen-bond donors (Lipinski definition) is 0. The van der Waals surface area contributed by atoms with E-state index in [9.17, 15) is 4.79 Å². The zero-order valence-corrected chi connectivity index (χ0v) is 12.4. The molecule has 0 aromatic heterocycles. The maximum Gasteiger partial charge on any atom is 0.414 e. The molecule has 106 valence electrons. The zero-order valence-electron chi connectivity index (χ0n) is 12.4. The van der Waals surface area contributed by atoms with Crippen LogP contribution in [0.4, 0.5) is 4.79 Å². The zero-order chi connectivity index (χ0) is 14.3. The van der Waals surface area contributed by atoms with Crippen molar-refractivity contribution in [3.8, 4) is 12.3 Å². The van der Waals surface area contributed by atoms with Crippen molar-refractivity contribution in [3.63, 3.8) is 0 Å². The third kappa shape index (κ3) is 6.33. The molecule has 1 amide bonds. The van der Waals surface area contributed by atoms with Gasteiger partial charge >= 0.3 is 6.09 Å². The fourth-order valence-corrected chi connectivity index (χ4v) is 2.06. The molecule has 1 heterocycles. The van der Waals surface area contributed by atoms with Gasteiger partial charge in [-0.15, -0.1) is 12.3 Å². The fourth-order valence-electron chi connectivity index (χ4n) is 2.06. The molecule has 0 saturated carbocycles. The summed E-state index contributed by atoms with van der Waals surface area (Å²) >= 11 is 0. The molecule has 0 spiro atoms. The van der Waals surface area contributed by atoms with Gasteiger partial charge in [0.05, 0.1) is 0 Å². The Morgan fingerprint density at radius 1 is 1.47 bits per heavy atom. The SMILES string of the molecule is C#CCCCCC1=CN(C(=O)OC(C)(C)C)CCC1. The van der Waals surface area contributed by atoms with E-state index >= 15 is 0 Å². The Hall–Kier alpha value is -1.43. The molecule has 3 heteroatoms. The van der Waals surface area contributed by atoms with Crippen molar-refractivity contribution in [2.75, 3.05) is 6.54 Å². The Bertz CT molecular complexity index is 371. The summed E-state index contributed by atoms with van der Waals surface area (Å²) < 4.78 is 5.38. The molecular weight excluding hydrogens is 238 g/mol. The highest BCUT2D eigenvalue weighted by molar-refractivity contribution is 5.69. The second kappa shape index (κ2) is 7.23. The van der Waals surface area contributed by atoms with Gasteiger partial charge in [0.25, 0.3) is 0 Å². The lowest BCUT2D eigenvalue weighted by Crippen LogP contribution is -2.35. The molecule has 0 saturated heterocycles. The van der Waals surface area contributed by atoms with Gasteiger partial charge < -0.3 is 4.74 Å². The van der Waals surface area contributed by atoms with Crippen molar-refractivity contribution in [2.24, 2.45) is 0 Å². The minimum Gasteiger partial charge on any atom is -0.443 e. The van der Waals surface area contributed by atoms with E-state index in [1.165, 1.54) is 5.57 Å². The number of carbonyl (C=O) groups is 1. The van der Waals surface area contributed by atoms with Crippen LogP contribution in [0.2, 0.25) is 0 Å². The normalized spacial score (nSPS) is 15.7. The van der Waals surface area contributed by atoms with E-state index in [4.69, 9.17) is 11.2 Å². The van der Waals surface area contributed by atoms with E-state index in [1.54, 1.807) is 4.90 Å². The van der Waals surface area contributed by atoms with Crippen molar-refractivity contribution in [1.82, 2.24) is 4.90 Å². The monoisotopic (exact) mass is 263 g/mol. The summed E-state index contributed by atoms with van der Waals surface area (Å²) in [6, 6.07) is 0. The summed E-state index contributed by atoms with van der Waals surface area (Å²) in [5, 5.41) is 0. The van der Waals surface area contributed by atoms with Gasteiger partial charge in [0, 0.05) is 19.2 Å². The number of ether oxygens (including phenoxy) is 1. The number of terminal acetylenes is 1. The highest BCUT2D eigenvalue weighted by Crippen LogP contribution is 2.22. The van der Waals surface area contributed by atoms with Gasteiger partial charge in [-0.05, 0) is 52.9 Å². The van der Waals surface area contributed by atoms with Crippen LogP contribution in [0.5, 0.6) is 0 Å². The minimum atomic E-state index is -0.435. The first kappa shape index (κ1) is 15.6. The molecule has 0 aliphatic carbocycles. The summed E-state index contributed by atoms with van der Waals surface area (Å²) in [6.45, 7) is 6.42. The molecular formula is C16H25NO2. The van der Waals surface area contributed by atoms with Gasteiger partial charge in [-0.25, -0.2) is 4.79 Å². The first-order chi connectivity index (χ1) is 8.92. The number of allylic oxidation sites excluding steroid dienone is 1. The van der Waals surface area contributed by atoms with E-state index in [1.807, 2.05) is 27.0 Å². The molecule has 0 aromatic carbocycles. The summed E-state index contributed by atoms with van der Waals surface area (Å²) in [7, 11) is 0. The van der Waals surface area contributed by atoms with Crippen LogP contribution < -0.4 is 0 Å². The summed E-state index contributed by atoms with van der Waals surface area (Å²) in [5.41, 5.74) is 0.893. The van der Waals surface area contributed by atoms with Crippen molar-refractivity contribution in [1.29, 1.82) is 0 Å². The van der Waals surface area contributed by atoms with Gasteiger partial charge in [-0.1, -0.05) is 5.57 Å². The van der Waals surface area contributed by atoms with Crippen molar-refractivity contribution in [3.05, 3.63) is 11.8 Å².